The van der Waals surface area contributed by atoms with Crippen LogP contribution in [0.15, 0.2) is 48.8 Å². The van der Waals surface area contributed by atoms with Gasteiger partial charge in [-0.1, -0.05) is 37.6 Å². The molecule has 0 saturated carbocycles. The number of aryl methyl sites for hydroxylation is 1. The van der Waals surface area contributed by atoms with Crippen LogP contribution in [-0.2, 0) is 35.0 Å². The number of alkyl carbamates (subject to hydrolysis) is 2. The van der Waals surface area contributed by atoms with Crippen molar-refractivity contribution < 1.29 is 47.6 Å². The minimum absolute atomic E-state index is 0.137. The molecule has 1 saturated heterocycles. The van der Waals surface area contributed by atoms with Crippen molar-refractivity contribution >= 4 is 24.0 Å². The molecule has 2 aromatic heterocycles. The van der Waals surface area contributed by atoms with Crippen LogP contribution in [0.25, 0.3) is 33.6 Å². The maximum absolute atomic E-state index is 13.7. The normalized spacial score (nSPS) is 14.0. The number of aromatic nitrogens is 4. The van der Waals surface area contributed by atoms with Crippen LogP contribution in [0.5, 0.6) is 11.5 Å². The number of aromatic amines is 2. The third-order valence-corrected chi connectivity index (χ3v) is 10.1. The summed E-state index contributed by atoms with van der Waals surface area (Å²) >= 11 is 0. The molecule has 2 atom stereocenters. The summed E-state index contributed by atoms with van der Waals surface area (Å²) in [5.41, 5.74) is 4.94. The van der Waals surface area contributed by atoms with Gasteiger partial charge in [0.1, 0.15) is 30.9 Å². The summed E-state index contributed by atoms with van der Waals surface area (Å²) in [6.07, 6.45) is 7.23. The summed E-state index contributed by atoms with van der Waals surface area (Å²) in [5, 5.41) is 7.83. The number of methoxy groups -OCH3 is 4. The van der Waals surface area contributed by atoms with Crippen LogP contribution in [0.1, 0.15) is 63.1 Å². The predicted molar refractivity (Wildman–Crippen MR) is 226 cm³/mol. The molecule has 5 N–H and O–H groups in total. The van der Waals surface area contributed by atoms with E-state index in [0.29, 0.717) is 75.0 Å². The third-order valence-electron chi connectivity index (χ3n) is 10.1. The van der Waals surface area contributed by atoms with Crippen LogP contribution in [0, 0.1) is 0 Å². The SMILES string of the molecule is CCCC(NC(=O)OC)C(=O)N1CCCC1c1ncc(-c2ccc(-c3ccc(-c4cnc(CCCCNC(=O)CNC(=O)OC)[nH]4)cc3)c(OCCOC)c2OCCOC)[nH]1. The Morgan fingerprint density at radius 2 is 1.46 bits per heavy atom. The van der Waals surface area contributed by atoms with Gasteiger partial charge in [0, 0.05) is 44.9 Å². The maximum atomic E-state index is 13.7. The number of carbonyl (C=O) groups is 4. The van der Waals surface area contributed by atoms with Crippen molar-refractivity contribution in [3.05, 3.63) is 60.4 Å². The van der Waals surface area contributed by atoms with E-state index in [4.69, 9.17) is 28.7 Å². The molecule has 4 amide bonds. The van der Waals surface area contributed by atoms with E-state index in [0.717, 1.165) is 53.0 Å². The number of likely N-dealkylation sites (tertiary alicyclic amines) is 1. The van der Waals surface area contributed by atoms with Crippen LogP contribution in [0.3, 0.4) is 0 Å². The molecule has 2 aromatic carbocycles. The monoisotopic (exact) mass is 846 g/mol. The highest BCUT2D eigenvalue weighted by atomic mass is 16.6. The van der Waals surface area contributed by atoms with Gasteiger partial charge in [-0.3, -0.25) is 9.59 Å². The van der Waals surface area contributed by atoms with Crippen molar-refractivity contribution in [1.29, 1.82) is 0 Å². The fourth-order valence-electron chi connectivity index (χ4n) is 7.05. The molecule has 2 unspecified atom stereocenters. The molecule has 5 rings (SSSR count). The van der Waals surface area contributed by atoms with Crippen LogP contribution in [0.4, 0.5) is 9.59 Å². The first kappa shape index (κ1) is 45.9. The molecule has 1 aliphatic heterocycles. The summed E-state index contributed by atoms with van der Waals surface area (Å²) in [7, 11) is 5.75. The lowest BCUT2D eigenvalue weighted by molar-refractivity contribution is -0.134. The number of hydrogen-bond donors (Lipinski definition) is 5. The van der Waals surface area contributed by atoms with Crippen LogP contribution >= 0.6 is 0 Å². The number of rotatable bonds is 23. The predicted octanol–water partition coefficient (Wildman–Crippen LogP) is 5.17. The molecule has 0 bridgehead atoms. The van der Waals surface area contributed by atoms with Gasteiger partial charge in [0.25, 0.3) is 0 Å². The number of benzene rings is 2. The van der Waals surface area contributed by atoms with E-state index in [1.165, 1.54) is 14.2 Å². The molecular formula is C43H58N8O10. The van der Waals surface area contributed by atoms with E-state index < -0.39 is 18.2 Å². The molecule has 18 nitrogen and oxygen atoms in total. The van der Waals surface area contributed by atoms with Crippen LogP contribution in [-0.4, -0.2) is 129 Å². The van der Waals surface area contributed by atoms with Gasteiger partial charge in [-0.2, -0.15) is 0 Å². The Bertz CT molecular complexity index is 2030. The van der Waals surface area contributed by atoms with Gasteiger partial charge in [0.2, 0.25) is 11.8 Å². The third kappa shape index (κ3) is 12.7. The summed E-state index contributed by atoms with van der Waals surface area (Å²) in [4.78, 5) is 66.8. The second-order valence-corrected chi connectivity index (χ2v) is 14.3. The van der Waals surface area contributed by atoms with E-state index in [9.17, 15) is 19.2 Å². The number of hydrogen-bond acceptors (Lipinski definition) is 12. The number of nitrogens with one attached hydrogen (secondary N) is 5. The largest absolute Gasteiger partial charge is 0.487 e. The van der Waals surface area contributed by atoms with Gasteiger partial charge in [-0.05, 0) is 55.4 Å². The highest BCUT2D eigenvalue weighted by Crippen LogP contribution is 2.45. The quantitative estimate of drug-likeness (QED) is 0.0611. The van der Waals surface area contributed by atoms with Crippen molar-refractivity contribution in [2.24, 2.45) is 0 Å². The zero-order valence-corrected chi connectivity index (χ0v) is 35.6. The lowest BCUT2D eigenvalue weighted by atomic mass is 9.98. The first-order valence-electron chi connectivity index (χ1n) is 20.5. The van der Waals surface area contributed by atoms with Gasteiger partial charge >= 0.3 is 12.2 Å². The molecule has 0 radical (unpaired) electrons. The first-order chi connectivity index (χ1) is 29.7. The highest BCUT2D eigenvalue weighted by Gasteiger charge is 2.36. The van der Waals surface area contributed by atoms with Crippen molar-refractivity contribution in [3.8, 4) is 45.1 Å². The van der Waals surface area contributed by atoms with Crippen molar-refractivity contribution in [1.82, 2.24) is 40.8 Å². The van der Waals surface area contributed by atoms with Crippen molar-refractivity contribution in [2.45, 2.75) is 64.0 Å². The Labute approximate surface area is 355 Å². The molecule has 3 heterocycles. The van der Waals surface area contributed by atoms with Gasteiger partial charge in [0.05, 0.1) is 63.8 Å². The Morgan fingerprint density at radius 1 is 0.787 bits per heavy atom. The van der Waals surface area contributed by atoms with Crippen molar-refractivity contribution in [2.75, 3.05) is 74.5 Å². The molecule has 0 spiro atoms. The van der Waals surface area contributed by atoms with Crippen molar-refractivity contribution in [3.63, 3.8) is 0 Å². The smallest absolute Gasteiger partial charge is 0.407 e. The second-order valence-electron chi connectivity index (χ2n) is 14.3. The summed E-state index contributed by atoms with van der Waals surface area (Å²) in [6.45, 7) is 4.09. The average Bonchev–Trinajstić information content (AvgIpc) is 4.08. The lowest BCUT2D eigenvalue weighted by Crippen LogP contribution is -2.48. The van der Waals surface area contributed by atoms with Gasteiger partial charge < -0.3 is 59.2 Å². The number of unbranched alkanes of at least 4 members (excludes halogenated alkanes) is 1. The molecule has 61 heavy (non-hydrogen) atoms. The number of amides is 4. The van der Waals surface area contributed by atoms with E-state index in [2.05, 4.69) is 35.6 Å². The average molecular weight is 847 g/mol. The van der Waals surface area contributed by atoms with E-state index in [1.54, 1.807) is 25.3 Å². The van der Waals surface area contributed by atoms with E-state index in [-0.39, 0.29) is 37.6 Å². The van der Waals surface area contributed by atoms with Crippen LogP contribution < -0.4 is 25.4 Å². The standard InChI is InChI=1S/C43H58N8O10/c1-6-10-32(50-43(55)59-5)41(53)51-20-9-11-35(51)40-46-26-34(49-40)31-18-17-30(38(60-23-21-56-2)39(31)61-24-22-57-3)28-13-15-29(16-14-28)33-25-45-36(48-33)12-7-8-19-44-37(52)27-47-42(54)58-4/h13-18,25-26,32,35H,6-12,19-24,27H2,1-5H3,(H,44,52)(H,45,48)(H,46,49)(H,47,54)(H,50,55). The second kappa shape index (κ2) is 23.6. The topological polar surface area (TPSA) is 220 Å². The zero-order chi connectivity index (χ0) is 43.6. The number of nitrogens with zero attached hydrogens (tertiary/aromatic N) is 3. The Balaban J connectivity index is 1.34. The lowest BCUT2D eigenvalue weighted by Gasteiger charge is -2.28. The molecule has 18 heteroatoms. The summed E-state index contributed by atoms with van der Waals surface area (Å²) in [5.74, 6) is 2.06. The minimum Gasteiger partial charge on any atom is -0.487 e. The summed E-state index contributed by atoms with van der Waals surface area (Å²) in [6, 6.07) is 11.0. The Morgan fingerprint density at radius 3 is 2.15 bits per heavy atom. The van der Waals surface area contributed by atoms with E-state index in [1.807, 2.05) is 49.5 Å². The molecule has 0 aliphatic carbocycles. The number of ether oxygens (including phenoxy) is 6. The van der Waals surface area contributed by atoms with Gasteiger partial charge in [-0.15, -0.1) is 0 Å². The van der Waals surface area contributed by atoms with Crippen LogP contribution in [0.2, 0.25) is 0 Å². The summed E-state index contributed by atoms with van der Waals surface area (Å²) < 4.78 is 32.8. The fraction of sp³-hybridized carbons (Fsp3) is 0.488. The first-order valence-corrected chi connectivity index (χ1v) is 20.5. The Kier molecular flexibility index (Phi) is 17.8. The fourth-order valence-corrected chi connectivity index (χ4v) is 7.05. The molecule has 1 fully saturated rings. The minimum atomic E-state index is -0.700. The van der Waals surface area contributed by atoms with E-state index >= 15 is 0 Å². The number of carbonyl (C=O) groups excluding carboxylic acids is 4. The molecule has 330 valence electrons. The molecule has 4 aromatic rings. The number of H-pyrrole nitrogens is 2. The highest BCUT2D eigenvalue weighted by molar-refractivity contribution is 5.86. The molecular weight excluding hydrogens is 789 g/mol. The Hall–Kier alpha value is -6.14. The molecule has 1 aliphatic rings. The zero-order valence-electron chi connectivity index (χ0n) is 35.6. The maximum Gasteiger partial charge on any atom is 0.407 e. The number of imidazole rings is 2. The van der Waals surface area contributed by atoms with Gasteiger partial charge in [-0.25, -0.2) is 19.6 Å². The van der Waals surface area contributed by atoms with Gasteiger partial charge in [0.15, 0.2) is 11.5 Å².